The number of hydrogen-bond donors (Lipinski definition) is 0. The van der Waals surface area contributed by atoms with Crippen molar-refractivity contribution in [3.05, 3.63) is 24.0 Å². The summed E-state index contributed by atoms with van der Waals surface area (Å²) < 4.78 is 14.9. The molecule has 1 saturated carbocycles. The number of aryl methyl sites for hydroxylation is 1. The smallest absolute Gasteiger partial charge is 0.399 e. The van der Waals surface area contributed by atoms with Crippen LogP contribution in [0.3, 0.4) is 0 Å². The molecule has 0 radical (unpaired) electrons. The van der Waals surface area contributed by atoms with Crippen LogP contribution in [0, 0.1) is 0 Å². The highest BCUT2D eigenvalue weighted by Gasteiger charge is 2.51. The van der Waals surface area contributed by atoms with Gasteiger partial charge in [0.2, 0.25) is 0 Å². The summed E-state index contributed by atoms with van der Waals surface area (Å²) >= 11 is 0. The van der Waals surface area contributed by atoms with Crippen LogP contribution in [-0.4, -0.2) is 51.9 Å². The second-order valence-electron chi connectivity index (χ2n) is 9.74. The lowest BCUT2D eigenvalue weighted by Gasteiger charge is -2.38. The molecule has 28 heavy (non-hydrogen) atoms. The van der Waals surface area contributed by atoms with Crippen LogP contribution in [0.15, 0.2) is 18.2 Å². The number of imidazole rings is 1. The number of hydrogen-bond acceptors (Lipinski definition) is 4. The normalized spacial score (nSPS) is 25.4. The topological polar surface area (TPSA) is 39.5 Å². The van der Waals surface area contributed by atoms with Crippen LogP contribution in [0.25, 0.3) is 11.0 Å². The van der Waals surface area contributed by atoms with E-state index in [9.17, 15) is 0 Å². The van der Waals surface area contributed by atoms with Crippen LogP contribution in [0.5, 0.6) is 0 Å². The first kappa shape index (κ1) is 18.7. The second kappa shape index (κ2) is 6.58. The summed E-state index contributed by atoms with van der Waals surface area (Å²) in [6.45, 7) is 11.8. The second-order valence-corrected chi connectivity index (χ2v) is 9.74. The quantitative estimate of drug-likeness (QED) is 0.750. The van der Waals surface area contributed by atoms with Crippen molar-refractivity contribution in [3.8, 4) is 0 Å². The van der Waals surface area contributed by atoms with Crippen LogP contribution in [0.2, 0.25) is 0 Å². The zero-order chi connectivity index (χ0) is 19.5. The Morgan fingerprint density at radius 1 is 1.00 bits per heavy atom. The van der Waals surface area contributed by atoms with Crippen molar-refractivity contribution in [2.24, 2.45) is 0 Å². The van der Waals surface area contributed by atoms with E-state index in [1.165, 1.54) is 43.6 Å². The molecule has 5 nitrogen and oxygen atoms in total. The first-order valence-corrected chi connectivity index (χ1v) is 10.9. The van der Waals surface area contributed by atoms with Gasteiger partial charge in [-0.1, -0.05) is 12.5 Å². The lowest BCUT2D eigenvalue weighted by atomic mass is 9.79. The minimum absolute atomic E-state index is 0.319. The molecule has 0 unspecified atom stereocenters. The number of benzene rings is 1. The summed E-state index contributed by atoms with van der Waals surface area (Å²) in [5.41, 5.74) is 2.74. The van der Waals surface area contributed by atoms with E-state index in [2.05, 4.69) is 55.4 Å². The Kier molecular flexibility index (Phi) is 4.38. The van der Waals surface area contributed by atoms with Crippen LogP contribution < -0.4 is 5.46 Å². The van der Waals surface area contributed by atoms with E-state index in [-0.39, 0.29) is 18.3 Å². The summed E-state index contributed by atoms with van der Waals surface area (Å²) in [6.07, 6.45) is 6.41. The van der Waals surface area contributed by atoms with Gasteiger partial charge in [-0.25, -0.2) is 4.98 Å². The lowest BCUT2D eigenvalue weighted by Crippen LogP contribution is -2.43. The fraction of sp³-hybridized carbons (Fsp3) is 0.682. The molecule has 2 fully saturated rings. The largest absolute Gasteiger partial charge is 0.494 e. The van der Waals surface area contributed by atoms with Gasteiger partial charge < -0.3 is 13.9 Å². The maximum absolute atomic E-state index is 6.24. The lowest BCUT2D eigenvalue weighted by molar-refractivity contribution is 0.00578. The van der Waals surface area contributed by atoms with Crippen molar-refractivity contribution in [1.82, 2.24) is 14.5 Å². The van der Waals surface area contributed by atoms with Gasteiger partial charge in [-0.05, 0) is 64.6 Å². The Morgan fingerprint density at radius 3 is 2.43 bits per heavy atom. The molecular weight excluding hydrogens is 349 g/mol. The Labute approximate surface area is 168 Å². The summed E-state index contributed by atoms with van der Waals surface area (Å²) in [7, 11) is -0.326. The average Bonchev–Trinajstić information content (AvgIpc) is 3.01. The SMILES string of the molecule is CC1(C)OB(c2ccc3c(c2)nc2n3CCCN(C3CCC3)CC2)OC1(C)C. The highest BCUT2D eigenvalue weighted by molar-refractivity contribution is 6.62. The van der Waals surface area contributed by atoms with Gasteiger partial charge in [0.05, 0.1) is 22.2 Å². The number of rotatable bonds is 2. The summed E-state index contributed by atoms with van der Waals surface area (Å²) in [6, 6.07) is 7.35. The molecule has 6 heteroatoms. The summed E-state index contributed by atoms with van der Waals surface area (Å²) in [5.74, 6) is 1.23. The van der Waals surface area contributed by atoms with Gasteiger partial charge in [0.15, 0.2) is 0 Å². The molecular formula is C22H32BN3O2. The molecule has 150 valence electrons. The Hall–Kier alpha value is -1.37. The van der Waals surface area contributed by atoms with Crippen LogP contribution in [0.4, 0.5) is 0 Å². The molecule has 1 saturated heterocycles. The van der Waals surface area contributed by atoms with Gasteiger partial charge in [0.1, 0.15) is 5.82 Å². The fourth-order valence-corrected chi connectivity index (χ4v) is 4.67. The van der Waals surface area contributed by atoms with Crippen molar-refractivity contribution in [2.75, 3.05) is 13.1 Å². The van der Waals surface area contributed by atoms with Gasteiger partial charge in [-0.3, -0.25) is 4.90 Å². The molecule has 1 aromatic heterocycles. The first-order chi connectivity index (χ1) is 13.3. The van der Waals surface area contributed by atoms with Gasteiger partial charge in [0, 0.05) is 32.1 Å². The number of nitrogens with zero attached hydrogens (tertiary/aromatic N) is 3. The fourth-order valence-electron chi connectivity index (χ4n) is 4.67. The Bertz CT molecular complexity index is 871. The third kappa shape index (κ3) is 3.01. The van der Waals surface area contributed by atoms with E-state index in [4.69, 9.17) is 14.3 Å². The highest BCUT2D eigenvalue weighted by Crippen LogP contribution is 2.36. The third-order valence-corrected chi connectivity index (χ3v) is 7.42. The zero-order valence-electron chi connectivity index (χ0n) is 17.7. The number of fused-ring (bicyclic) bond motifs is 3. The van der Waals surface area contributed by atoms with Crippen LogP contribution >= 0.6 is 0 Å². The highest BCUT2D eigenvalue weighted by atomic mass is 16.7. The predicted octanol–water partition coefficient (Wildman–Crippen LogP) is 3.14. The maximum Gasteiger partial charge on any atom is 0.494 e. The molecule has 1 aliphatic carbocycles. The molecule has 2 aromatic rings. The number of aromatic nitrogens is 2. The van der Waals surface area contributed by atoms with Crippen LogP contribution in [-0.2, 0) is 22.3 Å². The van der Waals surface area contributed by atoms with E-state index < -0.39 is 0 Å². The molecule has 0 atom stereocenters. The predicted molar refractivity (Wildman–Crippen MR) is 113 cm³/mol. The van der Waals surface area contributed by atoms with Crippen molar-refractivity contribution >= 4 is 23.6 Å². The van der Waals surface area contributed by atoms with Gasteiger partial charge in [-0.2, -0.15) is 0 Å². The van der Waals surface area contributed by atoms with E-state index in [1.54, 1.807) is 0 Å². The van der Waals surface area contributed by atoms with Crippen molar-refractivity contribution < 1.29 is 9.31 Å². The Balaban J connectivity index is 1.41. The molecule has 3 aliphatic rings. The molecule has 2 aliphatic heterocycles. The molecule has 0 bridgehead atoms. The molecule has 0 spiro atoms. The van der Waals surface area contributed by atoms with Gasteiger partial charge in [0.25, 0.3) is 0 Å². The monoisotopic (exact) mass is 381 g/mol. The van der Waals surface area contributed by atoms with Crippen molar-refractivity contribution in [1.29, 1.82) is 0 Å². The maximum atomic E-state index is 6.24. The molecule has 5 rings (SSSR count). The first-order valence-electron chi connectivity index (χ1n) is 10.9. The Morgan fingerprint density at radius 2 is 1.75 bits per heavy atom. The average molecular weight is 381 g/mol. The molecule has 3 heterocycles. The zero-order valence-corrected chi connectivity index (χ0v) is 17.7. The van der Waals surface area contributed by atoms with Gasteiger partial charge in [-0.15, -0.1) is 0 Å². The standard InChI is InChI=1S/C22H32BN3O2/c1-21(2)22(3,4)28-23(27-21)16-9-10-19-18(15-16)24-20-11-14-25(17-7-5-8-17)12-6-13-26(19)20/h9-10,15,17H,5-8,11-14H2,1-4H3. The van der Waals surface area contributed by atoms with Crippen molar-refractivity contribution in [3.63, 3.8) is 0 Å². The minimum atomic E-state index is -0.326. The third-order valence-electron chi connectivity index (χ3n) is 7.42. The van der Waals surface area contributed by atoms with Gasteiger partial charge >= 0.3 is 7.12 Å². The molecule has 0 amide bonds. The van der Waals surface area contributed by atoms with E-state index in [0.29, 0.717) is 0 Å². The van der Waals surface area contributed by atoms with E-state index in [0.717, 1.165) is 36.5 Å². The molecule has 0 N–H and O–H groups in total. The molecule has 1 aromatic carbocycles. The van der Waals surface area contributed by atoms with E-state index in [1.807, 2.05) is 0 Å². The van der Waals surface area contributed by atoms with Crippen molar-refractivity contribution in [2.45, 2.75) is 83.6 Å². The summed E-state index contributed by atoms with van der Waals surface area (Å²) in [4.78, 5) is 7.72. The van der Waals surface area contributed by atoms with Crippen LogP contribution in [0.1, 0.15) is 59.2 Å². The summed E-state index contributed by atoms with van der Waals surface area (Å²) in [5, 5.41) is 0. The minimum Gasteiger partial charge on any atom is -0.399 e. The van der Waals surface area contributed by atoms with E-state index >= 15 is 0 Å².